The Bertz CT molecular complexity index is 730. The Balaban J connectivity index is 1.74. The first-order chi connectivity index (χ1) is 11.1. The van der Waals surface area contributed by atoms with E-state index in [-0.39, 0.29) is 12.0 Å². The average Bonchev–Trinajstić information content (AvgIpc) is 2.90. The van der Waals surface area contributed by atoms with Crippen LogP contribution in [0.15, 0.2) is 24.3 Å². The lowest BCUT2D eigenvalue weighted by Crippen LogP contribution is -2.50. The summed E-state index contributed by atoms with van der Waals surface area (Å²) in [5.41, 5.74) is 2.58. The minimum Gasteiger partial charge on any atom is -0.450 e. The molecule has 122 valence electrons. The second kappa shape index (κ2) is 6.32. The maximum atomic E-state index is 12.9. The first-order valence-electron chi connectivity index (χ1n) is 7.90. The Morgan fingerprint density at radius 1 is 1.13 bits per heavy atom. The van der Waals surface area contributed by atoms with Gasteiger partial charge in [-0.1, -0.05) is 18.2 Å². The van der Waals surface area contributed by atoms with Crippen molar-refractivity contribution in [1.29, 1.82) is 0 Å². The maximum absolute atomic E-state index is 12.9. The van der Waals surface area contributed by atoms with Crippen molar-refractivity contribution in [2.45, 2.75) is 13.8 Å². The third-order valence-corrected chi connectivity index (χ3v) is 4.20. The van der Waals surface area contributed by atoms with Crippen molar-refractivity contribution in [3.63, 3.8) is 0 Å². The molecule has 1 aliphatic rings. The summed E-state index contributed by atoms with van der Waals surface area (Å²) in [4.78, 5) is 31.3. The van der Waals surface area contributed by atoms with Gasteiger partial charge in [-0.25, -0.2) is 4.79 Å². The summed E-state index contributed by atoms with van der Waals surface area (Å²) in [6, 6.07) is 7.81. The van der Waals surface area contributed by atoms with Gasteiger partial charge >= 0.3 is 6.09 Å². The van der Waals surface area contributed by atoms with Crippen LogP contribution in [0.25, 0.3) is 10.9 Å². The molecule has 0 saturated carbocycles. The Hall–Kier alpha value is -2.50. The molecule has 1 aliphatic heterocycles. The molecule has 23 heavy (non-hydrogen) atoms. The molecule has 2 aromatic rings. The fourth-order valence-corrected chi connectivity index (χ4v) is 3.02. The standard InChI is InChI=1S/C17H21N3O3/c1-3-23-17(22)20-10-8-19(9-11-20)16(21)15-12(2)18-14-7-5-4-6-13(14)15/h4-7,18H,3,8-11H2,1-2H3. The largest absolute Gasteiger partial charge is 0.450 e. The average molecular weight is 315 g/mol. The Morgan fingerprint density at radius 3 is 2.48 bits per heavy atom. The first-order valence-corrected chi connectivity index (χ1v) is 7.90. The highest BCUT2D eigenvalue weighted by Gasteiger charge is 2.27. The van der Waals surface area contributed by atoms with E-state index < -0.39 is 0 Å². The number of amides is 2. The number of hydrogen-bond acceptors (Lipinski definition) is 3. The monoisotopic (exact) mass is 315 g/mol. The zero-order chi connectivity index (χ0) is 16.4. The van der Waals surface area contributed by atoms with Crippen molar-refractivity contribution in [2.75, 3.05) is 32.8 Å². The molecule has 0 spiro atoms. The molecule has 0 bridgehead atoms. The third-order valence-electron chi connectivity index (χ3n) is 4.20. The zero-order valence-corrected chi connectivity index (χ0v) is 13.5. The highest BCUT2D eigenvalue weighted by Crippen LogP contribution is 2.23. The molecular weight excluding hydrogens is 294 g/mol. The molecule has 3 rings (SSSR count). The maximum Gasteiger partial charge on any atom is 0.409 e. The highest BCUT2D eigenvalue weighted by atomic mass is 16.6. The van der Waals surface area contributed by atoms with Gasteiger partial charge in [0.15, 0.2) is 0 Å². The van der Waals surface area contributed by atoms with Gasteiger partial charge in [0, 0.05) is 42.8 Å². The van der Waals surface area contributed by atoms with Crippen LogP contribution in [-0.2, 0) is 4.74 Å². The smallest absolute Gasteiger partial charge is 0.409 e. The zero-order valence-electron chi connectivity index (χ0n) is 13.5. The lowest BCUT2D eigenvalue weighted by Gasteiger charge is -2.34. The Kier molecular flexibility index (Phi) is 4.23. The van der Waals surface area contributed by atoms with Crippen LogP contribution in [-0.4, -0.2) is 59.6 Å². The number of carbonyl (C=O) groups excluding carboxylic acids is 2. The van der Waals surface area contributed by atoms with Gasteiger partial charge in [-0.05, 0) is 19.9 Å². The number of carbonyl (C=O) groups is 2. The molecule has 2 heterocycles. The van der Waals surface area contributed by atoms with Crippen LogP contribution in [0.3, 0.4) is 0 Å². The van der Waals surface area contributed by atoms with Crippen molar-refractivity contribution in [1.82, 2.24) is 14.8 Å². The predicted molar refractivity (Wildman–Crippen MR) is 87.5 cm³/mol. The SMILES string of the molecule is CCOC(=O)N1CCN(C(=O)c2c(C)[nH]c3ccccc23)CC1. The first kappa shape index (κ1) is 15.4. The minimum atomic E-state index is -0.303. The number of rotatable bonds is 2. The molecule has 0 aliphatic carbocycles. The fourth-order valence-electron chi connectivity index (χ4n) is 3.02. The van der Waals surface area contributed by atoms with Crippen LogP contribution in [0.1, 0.15) is 23.0 Å². The van der Waals surface area contributed by atoms with E-state index >= 15 is 0 Å². The number of aromatic amines is 1. The molecule has 0 atom stereocenters. The number of nitrogens with one attached hydrogen (secondary N) is 1. The van der Waals surface area contributed by atoms with Crippen molar-refractivity contribution >= 4 is 22.9 Å². The summed E-state index contributed by atoms with van der Waals surface area (Å²) < 4.78 is 5.00. The van der Waals surface area contributed by atoms with E-state index in [1.807, 2.05) is 31.2 Å². The molecule has 0 radical (unpaired) electrons. The van der Waals surface area contributed by atoms with Gasteiger partial charge in [0.25, 0.3) is 5.91 Å². The van der Waals surface area contributed by atoms with E-state index in [0.29, 0.717) is 32.8 Å². The van der Waals surface area contributed by atoms with Crippen molar-refractivity contribution in [3.8, 4) is 0 Å². The molecule has 1 aromatic carbocycles. The van der Waals surface area contributed by atoms with Gasteiger partial charge in [0.1, 0.15) is 0 Å². The van der Waals surface area contributed by atoms with E-state index in [1.165, 1.54) is 0 Å². The molecule has 1 N–H and O–H groups in total. The number of para-hydroxylation sites is 1. The number of aryl methyl sites for hydroxylation is 1. The Labute approximate surface area is 135 Å². The summed E-state index contributed by atoms with van der Waals surface area (Å²) in [7, 11) is 0. The molecule has 6 heteroatoms. The van der Waals surface area contributed by atoms with Gasteiger partial charge in [0.05, 0.1) is 12.2 Å². The predicted octanol–water partition coefficient (Wildman–Crippen LogP) is 2.39. The molecule has 2 amide bonds. The van der Waals surface area contributed by atoms with E-state index in [9.17, 15) is 9.59 Å². The fraction of sp³-hybridized carbons (Fsp3) is 0.412. The molecule has 6 nitrogen and oxygen atoms in total. The molecule has 1 fully saturated rings. The van der Waals surface area contributed by atoms with Gasteiger partial charge in [-0.2, -0.15) is 0 Å². The van der Waals surface area contributed by atoms with Gasteiger partial charge in [-0.3, -0.25) is 4.79 Å². The highest BCUT2D eigenvalue weighted by molar-refractivity contribution is 6.08. The summed E-state index contributed by atoms with van der Waals surface area (Å²) in [5, 5.41) is 0.947. The van der Waals surface area contributed by atoms with E-state index in [0.717, 1.165) is 22.2 Å². The number of benzene rings is 1. The molecule has 1 saturated heterocycles. The van der Waals surface area contributed by atoms with Crippen LogP contribution in [0.2, 0.25) is 0 Å². The summed E-state index contributed by atoms with van der Waals surface area (Å²) in [6.07, 6.45) is -0.303. The van der Waals surface area contributed by atoms with Gasteiger partial charge in [0.2, 0.25) is 0 Å². The number of aromatic nitrogens is 1. The van der Waals surface area contributed by atoms with Gasteiger partial charge < -0.3 is 19.5 Å². The molecule has 1 aromatic heterocycles. The van der Waals surface area contributed by atoms with E-state index in [1.54, 1.807) is 16.7 Å². The van der Waals surface area contributed by atoms with Gasteiger partial charge in [-0.15, -0.1) is 0 Å². The number of nitrogens with zero attached hydrogens (tertiary/aromatic N) is 2. The van der Waals surface area contributed by atoms with Crippen LogP contribution in [0.5, 0.6) is 0 Å². The number of piperazine rings is 1. The summed E-state index contributed by atoms with van der Waals surface area (Å²) in [6.45, 7) is 6.14. The third kappa shape index (κ3) is 2.88. The number of ether oxygens (including phenoxy) is 1. The summed E-state index contributed by atoms with van der Waals surface area (Å²) in [5.74, 6) is 0.0171. The molecular formula is C17H21N3O3. The molecule has 0 unspecified atom stereocenters. The van der Waals surface area contributed by atoms with Crippen molar-refractivity contribution in [2.24, 2.45) is 0 Å². The Morgan fingerprint density at radius 2 is 1.78 bits per heavy atom. The van der Waals surface area contributed by atoms with Crippen molar-refractivity contribution in [3.05, 3.63) is 35.5 Å². The minimum absolute atomic E-state index is 0.0171. The lowest BCUT2D eigenvalue weighted by atomic mass is 10.1. The van der Waals surface area contributed by atoms with Crippen LogP contribution >= 0.6 is 0 Å². The lowest BCUT2D eigenvalue weighted by molar-refractivity contribution is 0.0571. The number of fused-ring (bicyclic) bond motifs is 1. The summed E-state index contributed by atoms with van der Waals surface area (Å²) >= 11 is 0. The van der Waals surface area contributed by atoms with Crippen LogP contribution in [0.4, 0.5) is 4.79 Å². The normalized spacial score (nSPS) is 15.0. The second-order valence-corrected chi connectivity index (χ2v) is 5.65. The van der Waals surface area contributed by atoms with E-state index in [4.69, 9.17) is 4.74 Å². The van der Waals surface area contributed by atoms with Crippen LogP contribution < -0.4 is 0 Å². The van der Waals surface area contributed by atoms with E-state index in [2.05, 4.69) is 4.98 Å². The topological polar surface area (TPSA) is 65.6 Å². The quantitative estimate of drug-likeness (QED) is 0.925. The van der Waals surface area contributed by atoms with Crippen LogP contribution in [0, 0.1) is 6.92 Å². The second-order valence-electron chi connectivity index (χ2n) is 5.65. The number of hydrogen-bond donors (Lipinski definition) is 1. The van der Waals surface area contributed by atoms with Crippen molar-refractivity contribution < 1.29 is 14.3 Å². The number of H-pyrrole nitrogens is 1.